The Labute approximate surface area is 111 Å². The molecule has 0 atom stereocenters. The minimum atomic E-state index is -0.196. The molecule has 0 aliphatic rings. The summed E-state index contributed by atoms with van der Waals surface area (Å²) in [5.41, 5.74) is 1.51. The molecule has 0 saturated carbocycles. The molecule has 0 radical (unpaired) electrons. The average molecular weight is 263 g/mol. The molecule has 0 saturated heterocycles. The third kappa shape index (κ3) is 3.77. The maximum absolute atomic E-state index is 11.7. The minimum Gasteiger partial charge on any atom is -0.379 e. The number of H-pyrrole nitrogens is 1. The molecule has 0 unspecified atom stereocenters. The van der Waals surface area contributed by atoms with Crippen molar-refractivity contribution in [3.05, 3.63) is 24.4 Å². The van der Waals surface area contributed by atoms with E-state index in [0.717, 1.165) is 10.9 Å². The molecular weight excluding hydrogens is 246 g/mol. The number of ether oxygens (including phenoxy) is 2. The van der Waals surface area contributed by atoms with Crippen LogP contribution in [-0.2, 0) is 14.3 Å². The van der Waals surface area contributed by atoms with Crippen LogP contribution >= 0.6 is 0 Å². The van der Waals surface area contributed by atoms with E-state index in [-0.39, 0.29) is 12.5 Å². The van der Waals surface area contributed by atoms with Crippen LogP contribution in [0.1, 0.15) is 6.92 Å². The number of nitrogens with zero attached hydrogens (tertiary/aromatic N) is 1. The zero-order valence-corrected chi connectivity index (χ0v) is 10.8. The molecule has 6 heteroatoms. The van der Waals surface area contributed by atoms with Crippen LogP contribution in [0.25, 0.3) is 10.9 Å². The second-order valence-corrected chi connectivity index (χ2v) is 3.94. The van der Waals surface area contributed by atoms with Gasteiger partial charge in [-0.15, -0.1) is 0 Å². The van der Waals surface area contributed by atoms with Gasteiger partial charge in [-0.1, -0.05) is 12.1 Å². The molecule has 0 bridgehead atoms. The number of carbonyl (C=O) groups is 1. The Morgan fingerprint density at radius 3 is 3.05 bits per heavy atom. The van der Waals surface area contributed by atoms with E-state index in [0.29, 0.717) is 25.5 Å². The Hall–Kier alpha value is -1.92. The molecular formula is C13H17N3O3. The number of carbonyl (C=O) groups excluding carboxylic acids is 1. The Kier molecular flexibility index (Phi) is 4.88. The molecule has 19 heavy (non-hydrogen) atoms. The summed E-state index contributed by atoms with van der Waals surface area (Å²) in [7, 11) is 0. The van der Waals surface area contributed by atoms with E-state index in [4.69, 9.17) is 9.47 Å². The van der Waals surface area contributed by atoms with Gasteiger partial charge in [0.25, 0.3) is 0 Å². The van der Waals surface area contributed by atoms with Crippen molar-refractivity contribution < 1.29 is 14.3 Å². The normalized spacial score (nSPS) is 10.8. The van der Waals surface area contributed by atoms with Gasteiger partial charge in [0, 0.05) is 12.0 Å². The standard InChI is InChI=1S/C13H17N3O3/c1-2-18-6-7-19-9-12(17)15-11-5-3-4-10-8-14-16-13(10)11/h3-5,8H,2,6-7,9H2,1H3,(H,14,16)(H,15,17). The number of benzene rings is 1. The van der Waals surface area contributed by atoms with Crippen molar-refractivity contribution in [3.8, 4) is 0 Å². The number of nitrogens with one attached hydrogen (secondary N) is 2. The number of rotatable bonds is 7. The molecule has 6 nitrogen and oxygen atoms in total. The summed E-state index contributed by atoms with van der Waals surface area (Å²) in [4.78, 5) is 11.7. The third-order valence-electron chi connectivity index (χ3n) is 2.56. The van der Waals surface area contributed by atoms with Gasteiger partial charge in [-0.05, 0) is 13.0 Å². The van der Waals surface area contributed by atoms with Gasteiger partial charge in [0.1, 0.15) is 6.61 Å². The van der Waals surface area contributed by atoms with Gasteiger partial charge in [0.2, 0.25) is 5.91 Å². The van der Waals surface area contributed by atoms with Crippen LogP contribution in [0.15, 0.2) is 24.4 Å². The van der Waals surface area contributed by atoms with Gasteiger partial charge in [0.15, 0.2) is 0 Å². The summed E-state index contributed by atoms with van der Waals surface area (Å²) in [5, 5.41) is 10.5. The Morgan fingerprint density at radius 2 is 2.21 bits per heavy atom. The van der Waals surface area contributed by atoms with Crippen LogP contribution in [0.5, 0.6) is 0 Å². The van der Waals surface area contributed by atoms with Crippen LogP contribution in [0.2, 0.25) is 0 Å². The molecule has 0 fully saturated rings. The minimum absolute atomic E-state index is 0.0115. The second-order valence-electron chi connectivity index (χ2n) is 3.94. The van der Waals surface area contributed by atoms with Gasteiger partial charge >= 0.3 is 0 Å². The van der Waals surface area contributed by atoms with Crippen molar-refractivity contribution in [1.29, 1.82) is 0 Å². The van der Waals surface area contributed by atoms with Gasteiger partial charge < -0.3 is 14.8 Å². The van der Waals surface area contributed by atoms with Crippen molar-refractivity contribution >= 4 is 22.5 Å². The molecule has 2 aromatic rings. The van der Waals surface area contributed by atoms with E-state index < -0.39 is 0 Å². The van der Waals surface area contributed by atoms with Crippen LogP contribution in [-0.4, -0.2) is 42.5 Å². The summed E-state index contributed by atoms with van der Waals surface area (Å²) < 4.78 is 10.3. The van der Waals surface area contributed by atoms with Crippen LogP contribution in [0.3, 0.4) is 0 Å². The smallest absolute Gasteiger partial charge is 0.250 e. The van der Waals surface area contributed by atoms with Crippen molar-refractivity contribution in [1.82, 2.24) is 10.2 Å². The van der Waals surface area contributed by atoms with Crippen LogP contribution < -0.4 is 5.32 Å². The first kappa shape index (κ1) is 13.5. The van der Waals surface area contributed by atoms with E-state index in [9.17, 15) is 4.79 Å². The maximum atomic E-state index is 11.7. The molecule has 1 aromatic carbocycles. The number of fused-ring (bicyclic) bond motifs is 1. The molecule has 0 spiro atoms. The average Bonchev–Trinajstić information content (AvgIpc) is 2.88. The van der Waals surface area contributed by atoms with Crippen molar-refractivity contribution in [3.63, 3.8) is 0 Å². The highest BCUT2D eigenvalue weighted by Crippen LogP contribution is 2.20. The number of aromatic amines is 1. The highest BCUT2D eigenvalue weighted by molar-refractivity contribution is 6.00. The SMILES string of the molecule is CCOCCOCC(=O)Nc1cccc2cn[nH]c12. The molecule has 1 heterocycles. The predicted octanol–water partition coefficient (Wildman–Crippen LogP) is 1.55. The zero-order valence-electron chi connectivity index (χ0n) is 10.8. The third-order valence-corrected chi connectivity index (χ3v) is 2.56. The van der Waals surface area contributed by atoms with Crippen LogP contribution in [0.4, 0.5) is 5.69 Å². The lowest BCUT2D eigenvalue weighted by molar-refractivity contribution is -0.121. The fourth-order valence-electron chi connectivity index (χ4n) is 1.69. The molecule has 102 valence electrons. The molecule has 1 amide bonds. The number of amides is 1. The molecule has 0 aliphatic carbocycles. The second kappa shape index (κ2) is 6.86. The number of hydrogen-bond acceptors (Lipinski definition) is 4. The molecule has 1 aromatic heterocycles. The molecule has 0 aliphatic heterocycles. The number of aromatic nitrogens is 2. The highest BCUT2D eigenvalue weighted by Gasteiger charge is 2.06. The van der Waals surface area contributed by atoms with E-state index in [1.165, 1.54) is 0 Å². The summed E-state index contributed by atoms with van der Waals surface area (Å²) in [6, 6.07) is 5.61. The lowest BCUT2D eigenvalue weighted by atomic mass is 10.2. The van der Waals surface area contributed by atoms with Gasteiger partial charge in [-0.25, -0.2) is 0 Å². The van der Waals surface area contributed by atoms with Crippen LogP contribution in [0, 0.1) is 0 Å². The Bertz CT molecular complexity index is 539. The summed E-state index contributed by atoms with van der Waals surface area (Å²) in [6.07, 6.45) is 1.71. The predicted molar refractivity (Wildman–Crippen MR) is 72.0 cm³/mol. The van der Waals surface area contributed by atoms with E-state index in [2.05, 4.69) is 15.5 Å². The first-order chi connectivity index (χ1) is 9.31. The summed E-state index contributed by atoms with van der Waals surface area (Å²) in [6.45, 7) is 3.49. The Morgan fingerprint density at radius 1 is 1.37 bits per heavy atom. The topological polar surface area (TPSA) is 76.2 Å². The van der Waals surface area contributed by atoms with Gasteiger partial charge in [-0.2, -0.15) is 5.10 Å². The van der Waals surface area contributed by atoms with E-state index in [1.54, 1.807) is 6.20 Å². The van der Waals surface area contributed by atoms with Gasteiger partial charge in [-0.3, -0.25) is 9.89 Å². The summed E-state index contributed by atoms with van der Waals surface area (Å²) in [5.74, 6) is -0.196. The van der Waals surface area contributed by atoms with Gasteiger partial charge in [0.05, 0.1) is 30.6 Å². The zero-order chi connectivity index (χ0) is 13.5. The van der Waals surface area contributed by atoms with Crippen molar-refractivity contribution in [2.45, 2.75) is 6.92 Å². The lowest BCUT2D eigenvalue weighted by Crippen LogP contribution is -2.20. The monoisotopic (exact) mass is 263 g/mol. The quantitative estimate of drug-likeness (QED) is 0.743. The molecule has 2 N–H and O–H groups in total. The lowest BCUT2D eigenvalue weighted by Gasteiger charge is -2.07. The largest absolute Gasteiger partial charge is 0.379 e. The Balaban J connectivity index is 1.83. The maximum Gasteiger partial charge on any atom is 0.250 e. The highest BCUT2D eigenvalue weighted by atomic mass is 16.5. The fourth-order valence-corrected chi connectivity index (χ4v) is 1.69. The van der Waals surface area contributed by atoms with Crippen molar-refractivity contribution in [2.75, 3.05) is 31.7 Å². The van der Waals surface area contributed by atoms with Crippen molar-refractivity contribution in [2.24, 2.45) is 0 Å². The fraction of sp³-hybridized carbons (Fsp3) is 0.385. The number of hydrogen-bond donors (Lipinski definition) is 2. The number of anilines is 1. The van der Waals surface area contributed by atoms with E-state index >= 15 is 0 Å². The van der Waals surface area contributed by atoms with E-state index in [1.807, 2.05) is 25.1 Å². The summed E-state index contributed by atoms with van der Waals surface area (Å²) >= 11 is 0. The molecule has 2 rings (SSSR count). The first-order valence-corrected chi connectivity index (χ1v) is 6.18. The number of para-hydroxylation sites is 1. The first-order valence-electron chi connectivity index (χ1n) is 6.18.